The van der Waals surface area contributed by atoms with Gasteiger partial charge in [0.1, 0.15) is 24.0 Å². The van der Waals surface area contributed by atoms with Gasteiger partial charge in [-0.05, 0) is 55.2 Å². The van der Waals surface area contributed by atoms with Crippen LogP contribution in [0.3, 0.4) is 0 Å². The molecule has 0 unspecified atom stereocenters. The van der Waals surface area contributed by atoms with E-state index < -0.39 is 0 Å². The van der Waals surface area contributed by atoms with Crippen molar-refractivity contribution < 1.29 is 9.53 Å². The Morgan fingerprint density at radius 2 is 1.82 bits per heavy atom. The van der Waals surface area contributed by atoms with Crippen LogP contribution in [0.1, 0.15) is 30.4 Å². The van der Waals surface area contributed by atoms with Crippen LogP contribution in [0.5, 0.6) is 5.75 Å². The number of ether oxygens (including phenoxy) is 1. The Hall–Kier alpha value is -2.48. The maximum Gasteiger partial charge on any atom is 0.264 e. The van der Waals surface area contributed by atoms with Crippen molar-refractivity contribution in [2.75, 3.05) is 13.1 Å². The van der Waals surface area contributed by atoms with E-state index in [9.17, 15) is 10.1 Å². The summed E-state index contributed by atoms with van der Waals surface area (Å²) in [4.78, 5) is 14.3. The fourth-order valence-electron chi connectivity index (χ4n) is 3.04. The van der Waals surface area contributed by atoms with Crippen molar-refractivity contribution in [2.45, 2.75) is 25.9 Å². The summed E-state index contributed by atoms with van der Waals surface area (Å²) in [7, 11) is 0. The number of carbonyl (C=O) groups is 1. The van der Waals surface area contributed by atoms with Crippen LogP contribution >= 0.6 is 23.2 Å². The Morgan fingerprint density at radius 1 is 1.11 bits per heavy atom. The van der Waals surface area contributed by atoms with E-state index >= 15 is 0 Å². The zero-order valence-electron chi connectivity index (χ0n) is 15.3. The van der Waals surface area contributed by atoms with Gasteiger partial charge in [0, 0.05) is 28.7 Å². The highest BCUT2D eigenvalue weighted by Crippen LogP contribution is 2.23. The topological polar surface area (TPSA) is 53.3 Å². The molecule has 0 aromatic heterocycles. The van der Waals surface area contributed by atoms with Gasteiger partial charge in [-0.15, -0.1) is 0 Å². The van der Waals surface area contributed by atoms with Gasteiger partial charge >= 0.3 is 0 Å². The van der Waals surface area contributed by atoms with E-state index in [-0.39, 0.29) is 11.5 Å². The number of halogens is 2. The summed E-state index contributed by atoms with van der Waals surface area (Å²) >= 11 is 12.0. The quantitative estimate of drug-likeness (QED) is 0.479. The molecule has 1 amide bonds. The summed E-state index contributed by atoms with van der Waals surface area (Å²) < 4.78 is 5.75. The van der Waals surface area contributed by atoms with E-state index in [0.717, 1.165) is 43.5 Å². The molecule has 2 aromatic carbocycles. The minimum absolute atomic E-state index is 0.156. The van der Waals surface area contributed by atoms with Crippen molar-refractivity contribution in [3.8, 4) is 11.8 Å². The summed E-state index contributed by atoms with van der Waals surface area (Å²) in [6.45, 7) is 1.76. The minimum atomic E-state index is -0.195. The summed E-state index contributed by atoms with van der Waals surface area (Å²) in [5.41, 5.74) is 1.77. The number of piperidine rings is 1. The van der Waals surface area contributed by atoms with Crippen LogP contribution < -0.4 is 4.74 Å². The molecule has 28 heavy (non-hydrogen) atoms. The Kier molecular flexibility index (Phi) is 6.97. The minimum Gasteiger partial charge on any atom is -0.489 e. The average molecular weight is 415 g/mol. The zero-order chi connectivity index (χ0) is 19.9. The molecule has 0 N–H and O–H groups in total. The fraction of sp³-hybridized carbons (Fsp3) is 0.273. The van der Waals surface area contributed by atoms with Crippen LogP contribution in [0.2, 0.25) is 10.0 Å². The second-order valence-corrected chi connectivity index (χ2v) is 7.46. The lowest BCUT2D eigenvalue weighted by atomic mass is 10.1. The van der Waals surface area contributed by atoms with Crippen LogP contribution in [0.4, 0.5) is 0 Å². The molecule has 0 atom stereocenters. The maximum atomic E-state index is 12.5. The van der Waals surface area contributed by atoms with Crippen molar-refractivity contribution in [3.63, 3.8) is 0 Å². The standard InChI is InChI=1S/C22H20Cl2N2O2/c23-19-7-6-17(21(24)13-19)15-28-20-8-4-16(5-9-20)12-18(14-25)22(27)26-10-2-1-3-11-26/h4-9,12-13H,1-3,10-11,15H2. The number of hydrogen-bond donors (Lipinski definition) is 0. The first kappa shape index (κ1) is 20.3. The van der Waals surface area contributed by atoms with E-state index in [4.69, 9.17) is 27.9 Å². The lowest BCUT2D eigenvalue weighted by molar-refractivity contribution is -0.127. The predicted octanol–water partition coefficient (Wildman–Crippen LogP) is 5.49. The van der Waals surface area contributed by atoms with E-state index in [1.165, 1.54) is 0 Å². The van der Waals surface area contributed by atoms with Crippen LogP contribution in [0, 0.1) is 11.3 Å². The molecule has 144 valence electrons. The maximum absolute atomic E-state index is 12.5. The highest BCUT2D eigenvalue weighted by Gasteiger charge is 2.20. The van der Waals surface area contributed by atoms with Gasteiger partial charge in [-0.1, -0.05) is 41.4 Å². The van der Waals surface area contributed by atoms with Crippen molar-refractivity contribution in [1.29, 1.82) is 5.26 Å². The first-order valence-corrected chi connectivity index (χ1v) is 9.90. The molecule has 0 spiro atoms. The summed E-state index contributed by atoms with van der Waals surface area (Å²) in [5, 5.41) is 10.5. The molecular formula is C22H20Cl2N2O2. The number of carbonyl (C=O) groups excluding carboxylic acids is 1. The van der Waals surface area contributed by atoms with Gasteiger partial charge in [-0.3, -0.25) is 4.79 Å². The van der Waals surface area contributed by atoms with Crippen LogP contribution in [0.15, 0.2) is 48.0 Å². The van der Waals surface area contributed by atoms with Gasteiger partial charge in [-0.2, -0.15) is 5.26 Å². The normalized spacial score (nSPS) is 14.5. The molecular weight excluding hydrogens is 395 g/mol. The van der Waals surface area contributed by atoms with Crippen molar-refractivity contribution >= 4 is 35.2 Å². The fourth-order valence-corrected chi connectivity index (χ4v) is 3.50. The Labute approximate surface area is 174 Å². The molecule has 1 heterocycles. The largest absolute Gasteiger partial charge is 0.489 e. The lowest BCUT2D eigenvalue weighted by Crippen LogP contribution is -2.36. The number of likely N-dealkylation sites (tertiary alicyclic amines) is 1. The smallest absolute Gasteiger partial charge is 0.264 e. The van der Waals surface area contributed by atoms with Crippen LogP contribution in [-0.4, -0.2) is 23.9 Å². The van der Waals surface area contributed by atoms with E-state index in [1.54, 1.807) is 35.2 Å². The Balaban J connectivity index is 1.64. The SMILES string of the molecule is N#CC(=Cc1ccc(OCc2ccc(Cl)cc2Cl)cc1)C(=O)N1CCCCC1. The number of rotatable bonds is 5. The van der Waals surface area contributed by atoms with Gasteiger partial charge in [0.05, 0.1) is 0 Å². The highest BCUT2D eigenvalue weighted by atomic mass is 35.5. The second kappa shape index (κ2) is 9.64. The molecule has 6 heteroatoms. The Morgan fingerprint density at radius 3 is 2.46 bits per heavy atom. The van der Waals surface area contributed by atoms with Crippen molar-refractivity contribution in [2.24, 2.45) is 0 Å². The highest BCUT2D eigenvalue weighted by molar-refractivity contribution is 6.35. The number of hydrogen-bond acceptors (Lipinski definition) is 3. The molecule has 1 aliphatic rings. The third kappa shape index (κ3) is 5.28. The van der Waals surface area contributed by atoms with E-state index in [1.807, 2.05) is 24.3 Å². The molecule has 0 bridgehead atoms. The van der Waals surface area contributed by atoms with E-state index in [0.29, 0.717) is 22.4 Å². The molecule has 3 rings (SSSR count). The van der Waals surface area contributed by atoms with Crippen LogP contribution in [0.25, 0.3) is 6.08 Å². The molecule has 1 aliphatic heterocycles. The number of nitrogens with zero attached hydrogens (tertiary/aromatic N) is 2. The zero-order valence-corrected chi connectivity index (χ0v) is 16.8. The Bertz CT molecular complexity index is 911. The number of nitriles is 1. The predicted molar refractivity (Wildman–Crippen MR) is 111 cm³/mol. The van der Waals surface area contributed by atoms with Crippen LogP contribution in [-0.2, 0) is 11.4 Å². The summed E-state index contributed by atoms with van der Waals surface area (Å²) in [6, 6.07) is 14.5. The van der Waals surface area contributed by atoms with Crippen molar-refractivity contribution in [1.82, 2.24) is 4.90 Å². The van der Waals surface area contributed by atoms with Crippen molar-refractivity contribution in [3.05, 3.63) is 69.2 Å². The van der Waals surface area contributed by atoms with E-state index in [2.05, 4.69) is 0 Å². The van der Waals surface area contributed by atoms with Gasteiger partial charge in [0.2, 0.25) is 0 Å². The van der Waals surface area contributed by atoms with Gasteiger partial charge in [-0.25, -0.2) is 0 Å². The monoisotopic (exact) mass is 414 g/mol. The van der Waals surface area contributed by atoms with Gasteiger partial charge < -0.3 is 9.64 Å². The molecule has 0 aliphatic carbocycles. The number of amides is 1. The summed E-state index contributed by atoms with van der Waals surface area (Å²) in [5.74, 6) is 0.476. The van der Waals surface area contributed by atoms with Gasteiger partial charge in [0.15, 0.2) is 0 Å². The first-order chi connectivity index (χ1) is 13.6. The molecule has 4 nitrogen and oxygen atoms in total. The molecule has 0 radical (unpaired) electrons. The lowest BCUT2D eigenvalue weighted by Gasteiger charge is -2.26. The number of benzene rings is 2. The molecule has 0 saturated carbocycles. The third-order valence-corrected chi connectivity index (χ3v) is 5.18. The molecule has 2 aromatic rings. The average Bonchev–Trinajstić information content (AvgIpc) is 2.72. The second-order valence-electron chi connectivity index (χ2n) is 6.62. The summed E-state index contributed by atoms with van der Waals surface area (Å²) in [6.07, 6.45) is 4.75. The first-order valence-electron chi connectivity index (χ1n) is 9.14. The third-order valence-electron chi connectivity index (χ3n) is 4.59. The van der Waals surface area contributed by atoms with Gasteiger partial charge in [0.25, 0.3) is 5.91 Å². The molecule has 1 fully saturated rings. The molecule has 1 saturated heterocycles.